The molecule has 1 aliphatic heterocycles. The molecule has 1 heterocycles. The van der Waals surface area contributed by atoms with Crippen LogP contribution in [0.4, 0.5) is 5.69 Å². The summed E-state index contributed by atoms with van der Waals surface area (Å²) in [4.78, 5) is 15.6. The average molecular weight is 297 g/mol. The Morgan fingerprint density at radius 1 is 1.19 bits per heavy atom. The molecule has 108 valence electrons. The van der Waals surface area contributed by atoms with Gasteiger partial charge in [0.1, 0.15) is 0 Å². The van der Waals surface area contributed by atoms with Crippen molar-refractivity contribution in [2.24, 2.45) is 0 Å². The first-order chi connectivity index (χ1) is 10.2. The fourth-order valence-electron chi connectivity index (χ4n) is 2.72. The van der Waals surface area contributed by atoms with Gasteiger partial charge >= 0.3 is 0 Å². The molecule has 0 unspecified atom stereocenters. The maximum Gasteiger partial charge on any atom is 0.237 e. The van der Waals surface area contributed by atoms with Gasteiger partial charge in [0, 0.05) is 17.1 Å². The maximum atomic E-state index is 12.5. The second kappa shape index (κ2) is 6.35. The highest BCUT2D eigenvalue weighted by molar-refractivity contribution is 8.00. The van der Waals surface area contributed by atoms with Gasteiger partial charge in [-0.3, -0.25) is 4.79 Å². The van der Waals surface area contributed by atoms with Crippen LogP contribution in [0.1, 0.15) is 17.5 Å². The fourth-order valence-corrected chi connectivity index (χ4v) is 3.52. The van der Waals surface area contributed by atoms with Gasteiger partial charge in [0.15, 0.2) is 0 Å². The zero-order valence-corrected chi connectivity index (χ0v) is 13.0. The Morgan fingerprint density at radius 3 is 2.81 bits per heavy atom. The maximum absolute atomic E-state index is 12.5. The molecular weight excluding hydrogens is 278 g/mol. The molecule has 2 aromatic rings. The molecule has 0 N–H and O–H groups in total. The van der Waals surface area contributed by atoms with Gasteiger partial charge in [-0.15, -0.1) is 11.8 Å². The zero-order chi connectivity index (χ0) is 14.7. The highest BCUT2D eigenvalue weighted by Gasteiger charge is 2.22. The SMILES string of the molecule is Cc1ccc2c(c1)CCCN2C(=O)CSc1ccccc1. The van der Waals surface area contributed by atoms with Crippen LogP contribution in [-0.4, -0.2) is 18.2 Å². The van der Waals surface area contributed by atoms with E-state index in [4.69, 9.17) is 0 Å². The van der Waals surface area contributed by atoms with Crippen LogP contribution in [0.15, 0.2) is 53.4 Å². The van der Waals surface area contributed by atoms with Crippen molar-refractivity contribution in [1.29, 1.82) is 0 Å². The van der Waals surface area contributed by atoms with Crippen LogP contribution in [-0.2, 0) is 11.2 Å². The molecule has 0 fully saturated rings. The summed E-state index contributed by atoms with van der Waals surface area (Å²) in [5, 5.41) is 0. The molecule has 0 saturated heterocycles. The Kier molecular flexibility index (Phi) is 4.30. The largest absolute Gasteiger partial charge is 0.311 e. The van der Waals surface area contributed by atoms with E-state index in [0.717, 1.165) is 30.0 Å². The van der Waals surface area contributed by atoms with Gasteiger partial charge in [-0.2, -0.15) is 0 Å². The van der Waals surface area contributed by atoms with E-state index in [1.165, 1.54) is 11.1 Å². The van der Waals surface area contributed by atoms with Crippen molar-refractivity contribution in [2.75, 3.05) is 17.2 Å². The van der Waals surface area contributed by atoms with Gasteiger partial charge in [-0.25, -0.2) is 0 Å². The van der Waals surface area contributed by atoms with Crippen molar-refractivity contribution in [3.63, 3.8) is 0 Å². The number of hydrogen-bond acceptors (Lipinski definition) is 2. The number of anilines is 1. The summed E-state index contributed by atoms with van der Waals surface area (Å²) >= 11 is 1.61. The fraction of sp³-hybridized carbons (Fsp3) is 0.278. The minimum absolute atomic E-state index is 0.202. The Bertz CT molecular complexity index is 639. The lowest BCUT2D eigenvalue weighted by Gasteiger charge is -2.29. The second-order valence-electron chi connectivity index (χ2n) is 5.38. The van der Waals surface area contributed by atoms with Gasteiger partial charge in [0.2, 0.25) is 5.91 Å². The molecule has 0 atom stereocenters. The lowest BCUT2D eigenvalue weighted by Crippen LogP contribution is -2.36. The summed E-state index contributed by atoms with van der Waals surface area (Å²) in [5.74, 6) is 0.700. The van der Waals surface area contributed by atoms with E-state index in [1.807, 2.05) is 35.2 Å². The van der Waals surface area contributed by atoms with Crippen LogP contribution in [0, 0.1) is 6.92 Å². The summed E-state index contributed by atoms with van der Waals surface area (Å²) in [7, 11) is 0. The third kappa shape index (κ3) is 3.30. The Labute approximate surface area is 130 Å². The van der Waals surface area contributed by atoms with E-state index in [2.05, 4.69) is 25.1 Å². The number of nitrogens with zero attached hydrogens (tertiary/aromatic N) is 1. The van der Waals surface area contributed by atoms with E-state index < -0.39 is 0 Å². The van der Waals surface area contributed by atoms with E-state index in [0.29, 0.717) is 5.75 Å². The monoisotopic (exact) mass is 297 g/mol. The van der Waals surface area contributed by atoms with Crippen LogP contribution >= 0.6 is 11.8 Å². The van der Waals surface area contributed by atoms with Crippen molar-refractivity contribution in [3.05, 3.63) is 59.7 Å². The van der Waals surface area contributed by atoms with Gasteiger partial charge < -0.3 is 4.90 Å². The van der Waals surface area contributed by atoms with Crippen LogP contribution < -0.4 is 4.90 Å². The molecule has 0 aromatic heterocycles. The number of carbonyl (C=O) groups excluding carboxylic acids is 1. The number of aryl methyl sites for hydroxylation is 2. The Balaban J connectivity index is 1.71. The van der Waals surface area contributed by atoms with Crippen molar-refractivity contribution in [1.82, 2.24) is 0 Å². The van der Waals surface area contributed by atoms with Crippen LogP contribution in [0.25, 0.3) is 0 Å². The number of carbonyl (C=O) groups is 1. The van der Waals surface area contributed by atoms with Gasteiger partial charge in [-0.1, -0.05) is 35.9 Å². The summed E-state index contributed by atoms with van der Waals surface area (Å²) in [6, 6.07) is 16.5. The molecule has 3 rings (SSSR count). The average Bonchev–Trinajstić information content (AvgIpc) is 2.52. The smallest absolute Gasteiger partial charge is 0.237 e. The van der Waals surface area contributed by atoms with Crippen LogP contribution in [0.2, 0.25) is 0 Å². The minimum atomic E-state index is 0.202. The van der Waals surface area contributed by atoms with Crippen LogP contribution in [0.5, 0.6) is 0 Å². The summed E-state index contributed by atoms with van der Waals surface area (Å²) in [5.41, 5.74) is 3.67. The quantitative estimate of drug-likeness (QED) is 0.796. The lowest BCUT2D eigenvalue weighted by molar-refractivity contribution is -0.116. The first-order valence-corrected chi connectivity index (χ1v) is 8.30. The summed E-state index contributed by atoms with van der Waals surface area (Å²) < 4.78 is 0. The van der Waals surface area contributed by atoms with Crippen molar-refractivity contribution < 1.29 is 4.79 Å². The number of fused-ring (bicyclic) bond motifs is 1. The third-order valence-corrected chi connectivity index (χ3v) is 4.76. The molecule has 1 amide bonds. The van der Waals surface area contributed by atoms with Crippen LogP contribution in [0.3, 0.4) is 0 Å². The zero-order valence-electron chi connectivity index (χ0n) is 12.2. The standard InChI is InChI=1S/C18H19NOS/c1-14-9-10-17-15(12-14)6-5-11-19(17)18(20)13-21-16-7-3-2-4-8-16/h2-4,7-10,12H,5-6,11,13H2,1H3. The number of thioether (sulfide) groups is 1. The van der Waals surface area contributed by atoms with Crippen molar-refractivity contribution in [2.45, 2.75) is 24.7 Å². The molecule has 0 saturated carbocycles. The Hall–Kier alpha value is -1.74. The predicted octanol–water partition coefficient (Wildman–Crippen LogP) is 4.07. The molecule has 2 nitrogen and oxygen atoms in total. The molecule has 0 aliphatic carbocycles. The van der Waals surface area contributed by atoms with Gasteiger partial charge in [0.05, 0.1) is 5.75 Å². The second-order valence-corrected chi connectivity index (χ2v) is 6.43. The molecular formula is C18H19NOS. The van der Waals surface area contributed by atoms with Gasteiger partial charge in [-0.05, 0) is 43.5 Å². The topological polar surface area (TPSA) is 20.3 Å². The first kappa shape index (κ1) is 14.2. The van der Waals surface area contributed by atoms with E-state index in [-0.39, 0.29) is 5.91 Å². The predicted molar refractivity (Wildman–Crippen MR) is 89.0 cm³/mol. The number of benzene rings is 2. The minimum Gasteiger partial charge on any atom is -0.311 e. The third-order valence-electron chi connectivity index (χ3n) is 3.76. The molecule has 0 radical (unpaired) electrons. The van der Waals surface area contributed by atoms with Crippen molar-refractivity contribution >= 4 is 23.4 Å². The van der Waals surface area contributed by atoms with E-state index >= 15 is 0 Å². The molecule has 0 bridgehead atoms. The molecule has 21 heavy (non-hydrogen) atoms. The molecule has 2 aromatic carbocycles. The number of amides is 1. The van der Waals surface area contributed by atoms with E-state index in [1.54, 1.807) is 11.8 Å². The van der Waals surface area contributed by atoms with Gasteiger partial charge in [0.25, 0.3) is 0 Å². The molecule has 1 aliphatic rings. The normalized spacial score (nSPS) is 13.9. The number of hydrogen-bond donors (Lipinski definition) is 0. The first-order valence-electron chi connectivity index (χ1n) is 7.32. The van der Waals surface area contributed by atoms with Crippen molar-refractivity contribution in [3.8, 4) is 0 Å². The highest BCUT2D eigenvalue weighted by atomic mass is 32.2. The summed E-state index contributed by atoms with van der Waals surface area (Å²) in [6.07, 6.45) is 2.13. The van der Waals surface area contributed by atoms with E-state index in [9.17, 15) is 4.79 Å². The number of rotatable bonds is 3. The summed E-state index contributed by atoms with van der Waals surface area (Å²) in [6.45, 7) is 2.94. The molecule has 3 heteroatoms. The molecule has 0 spiro atoms. The highest BCUT2D eigenvalue weighted by Crippen LogP contribution is 2.29. The Morgan fingerprint density at radius 2 is 2.00 bits per heavy atom. The lowest BCUT2D eigenvalue weighted by atomic mass is 10.00.